The summed E-state index contributed by atoms with van der Waals surface area (Å²) in [6, 6.07) is 6.27. The highest BCUT2D eigenvalue weighted by molar-refractivity contribution is 5.80. The topological polar surface area (TPSA) is 37.3 Å². The number of carboxylic acid groups (broad SMARTS) is 1. The lowest BCUT2D eigenvalue weighted by Crippen LogP contribution is -1.84. The fraction of sp³-hybridized carbons (Fsp3) is 0. The van der Waals surface area contributed by atoms with Crippen LogP contribution in [-0.2, 0) is 4.79 Å². The predicted molar refractivity (Wildman–Crippen MR) is 52.2 cm³/mol. The molecule has 1 aromatic rings. The van der Waals surface area contributed by atoms with Crippen molar-refractivity contribution in [2.45, 2.75) is 0 Å². The second-order valence-electron chi connectivity index (χ2n) is 2.58. The molecule has 3 heteroatoms. The summed E-state index contributed by atoms with van der Waals surface area (Å²) >= 11 is 0. The van der Waals surface area contributed by atoms with E-state index in [1.807, 2.05) is 0 Å². The van der Waals surface area contributed by atoms with Gasteiger partial charge in [0, 0.05) is 11.6 Å². The summed E-state index contributed by atoms with van der Waals surface area (Å²) in [7, 11) is 0. The van der Waals surface area contributed by atoms with Crippen LogP contribution in [0.5, 0.6) is 0 Å². The molecule has 0 saturated carbocycles. The number of halogens is 1. The number of carbonyl (C=O) groups is 1. The Morgan fingerprint density at radius 3 is 2.64 bits per heavy atom. The van der Waals surface area contributed by atoms with E-state index in [1.54, 1.807) is 18.2 Å². The maximum absolute atomic E-state index is 13.0. The molecule has 1 N–H and O–H groups in total. The van der Waals surface area contributed by atoms with Crippen molar-refractivity contribution in [2.24, 2.45) is 0 Å². The maximum atomic E-state index is 13.0. The number of hydrogen-bond acceptors (Lipinski definition) is 1. The molecule has 0 heterocycles. The van der Waals surface area contributed by atoms with Crippen LogP contribution < -0.4 is 0 Å². The van der Waals surface area contributed by atoms with Crippen LogP contribution in [0.15, 0.2) is 42.5 Å². The molecule has 0 bridgehead atoms. The second kappa shape index (κ2) is 4.97. The molecule has 0 amide bonds. The highest BCUT2D eigenvalue weighted by Crippen LogP contribution is 2.07. The predicted octanol–water partition coefficient (Wildman–Crippen LogP) is 2.48. The highest BCUT2D eigenvalue weighted by Gasteiger charge is 1.93. The first-order valence-corrected chi connectivity index (χ1v) is 4.02. The molecule has 0 spiro atoms. The lowest BCUT2D eigenvalue weighted by atomic mass is 10.2. The number of allylic oxidation sites excluding steroid dienone is 2. The van der Waals surface area contributed by atoms with Gasteiger partial charge in [0.15, 0.2) is 0 Å². The van der Waals surface area contributed by atoms with Crippen LogP contribution in [0.3, 0.4) is 0 Å². The first-order chi connectivity index (χ1) is 6.70. The molecule has 0 fully saturated rings. The van der Waals surface area contributed by atoms with Gasteiger partial charge in [-0.05, 0) is 6.07 Å². The molecule has 1 aromatic carbocycles. The van der Waals surface area contributed by atoms with Crippen molar-refractivity contribution >= 4 is 12.0 Å². The summed E-state index contributed by atoms with van der Waals surface area (Å²) in [5, 5.41) is 8.27. The Morgan fingerprint density at radius 1 is 1.29 bits per heavy atom. The van der Waals surface area contributed by atoms with E-state index in [4.69, 9.17) is 5.11 Å². The zero-order valence-electron chi connectivity index (χ0n) is 7.35. The maximum Gasteiger partial charge on any atom is 0.328 e. The molecule has 1 rings (SSSR count). The molecule has 0 aliphatic rings. The zero-order chi connectivity index (χ0) is 10.4. The van der Waals surface area contributed by atoms with Gasteiger partial charge in [0.1, 0.15) is 5.82 Å². The molecule has 0 aliphatic heterocycles. The summed E-state index contributed by atoms with van der Waals surface area (Å²) in [6.45, 7) is 0. The number of aliphatic carboxylic acids is 1. The van der Waals surface area contributed by atoms with E-state index in [0.29, 0.717) is 5.56 Å². The molecule has 0 unspecified atom stereocenters. The van der Waals surface area contributed by atoms with E-state index in [1.165, 1.54) is 24.3 Å². The zero-order valence-corrected chi connectivity index (χ0v) is 7.35. The van der Waals surface area contributed by atoms with E-state index in [2.05, 4.69) is 0 Å². The quantitative estimate of drug-likeness (QED) is 0.590. The molecular weight excluding hydrogens is 183 g/mol. The average molecular weight is 192 g/mol. The van der Waals surface area contributed by atoms with Crippen LogP contribution in [0.4, 0.5) is 4.39 Å². The van der Waals surface area contributed by atoms with Crippen LogP contribution in [0.25, 0.3) is 6.08 Å². The van der Waals surface area contributed by atoms with Gasteiger partial charge in [0.25, 0.3) is 0 Å². The Labute approximate surface area is 81.0 Å². The van der Waals surface area contributed by atoms with Gasteiger partial charge in [-0.25, -0.2) is 9.18 Å². The van der Waals surface area contributed by atoms with E-state index >= 15 is 0 Å². The molecule has 0 atom stereocenters. The highest BCUT2D eigenvalue weighted by atomic mass is 19.1. The van der Waals surface area contributed by atoms with E-state index in [-0.39, 0.29) is 5.82 Å². The van der Waals surface area contributed by atoms with Crippen LogP contribution in [0.2, 0.25) is 0 Å². The van der Waals surface area contributed by atoms with E-state index in [9.17, 15) is 9.18 Å². The van der Waals surface area contributed by atoms with Gasteiger partial charge in [-0.3, -0.25) is 0 Å². The van der Waals surface area contributed by atoms with Gasteiger partial charge in [-0.1, -0.05) is 36.4 Å². The summed E-state index contributed by atoms with van der Waals surface area (Å²) in [5.74, 6) is -1.35. The lowest BCUT2D eigenvalue weighted by Gasteiger charge is -1.92. The molecule has 2 nitrogen and oxygen atoms in total. The van der Waals surface area contributed by atoms with Gasteiger partial charge in [-0.2, -0.15) is 0 Å². The first kappa shape index (κ1) is 10.2. The van der Waals surface area contributed by atoms with Crippen molar-refractivity contribution in [3.05, 3.63) is 53.9 Å². The van der Waals surface area contributed by atoms with Gasteiger partial charge in [0.05, 0.1) is 0 Å². The molecular formula is C11H9FO2. The largest absolute Gasteiger partial charge is 0.478 e. The smallest absolute Gasteiger partial charge is 0.328 e. The Balaban J connectivity index is 2.69. The van der Waals surface area contributed by atoms with Crippen molar-refractivity contribution in [1.29, 1.82) is 0 Å². The van der Waals surface area contributed by atoms with Gasteiger partial charge < -0.3 is 5.11 Å². The van der Waals surface area contributed by atoms with E-state index in [0.717, 1.165) is 6.08 Å². The minimum atomic E-state index is -1.02. The molecule has 0 radical (unpaired) electrons. The van der Waals surface area contributed by atoms with Crippen molar-refractivity contribution in [1.82, 2.24) is 0 Å². The number of rotatable bonds is 3. The number of carboxylic acids is 1. The van der Waals surface area contributed by atoms with Crippen LogP contribution in [0, 0.1) is 5.82 Å². The monoisotopic (exact) mass is 192 g/mol. The minimum absolute atomic E-state index is 0.326. The summed E-state index contributed by atoms with van der Waals surface area (Å²) in [5.41, 5.74) is 0.433. The van der Waals surface area contributed by atoms with Crippen molar-refractivity contribution in [3.8, 4) is 0 Å². The third kappa shape index (κ3) is 3.23. The van der Waals surface area contributed by atoms with Crippen molar-refractivity contribution < 1.29 is 14.3 Å². The minimum Gasteiger partial charge on any atom is -0.478 e. The average Bonchev–Trinajstić information content (AvgIpc) is 2.15. The normalized spacial score (nSPS) is 11.2. The van der Waals surface area contributed by atoms with Crippen molar-refractivity contribution in [2.75, 3.05) is 0 Å². The Bertz CT molecular complexity index is 381. The van der Waals surface area contributed by atoms with Gasteiger partial charge in [-0.15, -0.1) is 0 Å². The Kier molecular flexibility index (Phi) is 3.61. The van der Waals surface area contributed by atoms with Crippen LogP contribution in [0.1, 0.15) is 5.56 Å². The summed E-state index contributed by atoms with van der Waals surface area (Å²) in [6.07, 6.45) is 5.31. The Hall–Kier alpha value is -1.90. The molecule has 0 saturated heterocycles. The van der Waals surface area contributed by atoms with Crippen LogP contribution >= 0.6 is 0 Å². The SMILES string of the molecule is O=C(O)/C=C\C=C\c1ccccc1F. The molecule has 14 heavy (non-hydrogen) atoms. The molecule has 0 aromatic heterocycles. The van der Waals surface area contributed by atoms with Gasteiger partial charge >= 0.3 is 5.97 Å². The van der Waals surface area contributed by atoms with Crippen molar-refractivity contribution in [3.63, 3.8) is 0 Å². The Morgan fingerprint density at radius 2 is 2.00 bits per heavy atom. The number of hydrogen-bond donors (Lipinski definition) is 1. The lowest BCUT2D eigenvalue weighted by molar-refractivity contribution is -0.131. The summed E-state index contributed by atoms with van der Waals surface area (Å²) in [4.78, 5) is 10.1. The standard InChI is InChI=1S/C11H9FO2/c12-10-7-3-1-5-9(10)6-2-4-8-11(13)14/h1-8H,(H,13,14)/b6-2+,8-4-. The fourth-order valence-corrected chi connectivity index (χ4v) is 0.907. The molecule has 0 aliphatic carbocycles. The fourth-order valence-electron chi connectivity index (χ4n) is 0.907. The summed E-state index contributed by atoms with van der Waals surface area (Å²) < 4.78 is 13.0. The van der Waals surface area contributed by atoms with Gasteiger partial charge in [0.2, 0.25) is 0 Å². The number of benzene rings is 1. The van der Waals surface area contributed by atoms with Crippen LogP contribution in [-0.4, -0.2) is 11.1 Å². The third-order valence-electron chi connectivity index (χ3n) is 1.53. The third-order valence-corrected chi connectivity index (χ3v) is 1.53. The second-order valence-corrected chi connectivity index (χ2v) is 2.58. The van der Waals surface area contributed by atoms with E-state index < -0.39 is 5.97 Å². The first-order valence-electron chi connectivity index (χ1n) is 4.02. The molecule has 72 valence electrons.